The van der Waals surface area contributed by atoms with Crippen molar-refractivity contribution in [3.8, 4) is 22.9 Å². The van der Waals surface area contributed by atoms with Crippen LogP contribution in [0.1, 0.15) is 66.3 Å². The zero-order valence-electron chi connectivity index (χ0n) is 25.9. The van der Waals surface area contributed by atoms with Crippen LogP contribution in [0.15, 0.2) is 30.8 Å². The molecule has 0 saturated heterocycles. The first-order valence-electron chi connectivity index (χ1n) is 13.6. The van der Waals surface area contributed by atoms with Crippen molar-refractivity contribution < 1.29 is 18.3 Å². The van der Waals surface area contributed by atoms with Crippen molar-refractivity contribution in [2.45, 2.75) is 97.8 Å². The molecule has 0 aliphatic carbocycles. The fourth-order valence-electron chi connectivity index (χ4n) is 3.05. The summed E-state index contributed by atoms with van der Waals surface area (Å²) >= 11 is 0. The minimum atomic E-state index is -1.96. The Morgan fingerprint density at radius 3 is 2.03 bits per heavy atom. The van der Waals surface area contributed by atoms with Gasteiger partial charge in [0.2, 0.25) is 0 Å². The third-order valence-electron chi connectivity index (χ3n) is 7.83. The second-order valence-corrected chi connectivity index (χ2v) is 22.6. The van der Waals surface area contributed by atoms with E-state index in [2.05, 4.69) is 81.2 Å². The summed E-state index contributed by atoms with van der Waals surface area (Å²) in [5.74, 6) is 1.97. The van der Waals surface area contributed by atoms with Gasteiger partial charge in [-0.05, 0) is 72.5 Å². The molecule has 212 valence electrons. The topological polar surface area (TPSA) is 62.7 Å². The Kier molecular flexibility index (Phi) is 10.6. The summed E-state index contributed by atoms with van der Waals surface area (Å²) < 4.78 is 24.5. The number of hydrogen-bond donors (Lipinski definition) is 0. The number of nitrogens with zero attached hydrogens (tertiary/aromatic N) is 2. The largest absolute Gasteiger partial charge is 0.493 e. The highest BCUT2D eigenvalue weighted by Gasteiger charge is 2.38. The van der Waals surface area contributed by atoms with Crippen molar-refractivity contribution in [2.75, 3.05) is 20.3 Å². The Morgan fingerprint density at radius 2 is 1.47 bits per heavy atom. The van der Waals surface area contributed by atoms with Crippen molar-refractivity contribution in [3.05, 3.63) is 42.2 Å². The van der Waals surface area contributed by atoms with E-state index in [0.717, 1.165) is 28.9 Å². The second kappa shape index (κ2) is 12.4. The molecule has 0 atom stereocenters. The van der Waals surface area contributed by atoms with Gasteiger partial charge in [0.05, 0.1) is 38.3 Å². The SMILES string of the molecule is C=C(CO[Si](C)(C)C(C)(C)C)c1cc(CO[Si](C)(C)C(C)(C)C)nc(-c2ccc(OC)c(OCCC)c2)n1. The van der Waals surface area contributed by atoms with E-state index in [9.17, 15) is 0 Å². The van der Waals surface area contributed by atoms with Crippen molar-refractivity contribution in [2.24, 2.45) is 0 Å². The monoisotopic (exact) mass is 558 g/mol. The van der Waals surface area contributed by atoms with E-state index in [0.29, 0.717) is 37.1 Å². The first-order chi connectivity index (χ1) is 17.4. The predicted octanol–water partition coefficient (Wildman–Crippen LogP) is 8.50. The Labute approximate surface area is 233 Å². The third kappa shape index (κ3) is 8.25. The van der Waals surface area contributed by atoms with Gasteiger partial charge < -0.3 is 18.3 Å². The smallest absolute Gasteiger partial charge is 0.192 e. The van der Waals surface area contributed by atoms with E-state index in [-0.39, 0.29) is 10.1 Å². The first-order valence-corrected chi connectivity index (χ1v) is 19.4. The Hall–Kier alpha value is -2.01. The van der Waals surface area contributed by atoms with Gasteiger partial charge in [-0.3, -0.25) is 0 Å². The standard InChI is InChI=1S/C30H50N2O4Si2/c1-14-17-34-27-18-23(15-16-26(27)33-9)28-31-24(21-36-38(12,13)30(6,7)8)19-25(32-28)22(2)20-35-37(10,11)29(3,4)5/h15-16,18-19H,2,14,17,20-21H2,1,3-13H3. The van der Waals surface area contributed by atoms with Gasteiger partial charge >= 0.3 is 0 Å². The normalized spacial score (nSPS) is 12.9. The summed E-state index contributed by atoms with van der Waals surface area (Å²) in [5.41, 5.74) is 3.29. The average molecular weight is 559 g/mol. The van der Waals surface area contributed by atoms with E-state index >= 15 is 0 Å². The van der Waals surface area contributed by atoms with Crippen molar-refractivity contribution in [1.29, 1.82) is 0 Å². The third-order valence-corrected chi connectivity index (χ3v) is 16.8. The fraction of sp³-hybridized carbons (Fsp3) is 0.600. The highest BCUT2D eigenvalue weighted by Crippen LogP contribution is 2.38. The minimum Gasteiger partial charge on any atom is -0.493 e. The van der Waals surface area contributed by atoms with Crippen LogP contribution in [-0.2, 0) is 15.5 Å². The molecule has 0 amide bonds. The van der Waals surface area contributed by atoms with Crippen LogP contribution in [0.4, 0.5) is 0 Å². The van der Waals surface area contributed by atoms with Crippen LogP contribution in [0.25, 0.3) is 17.0 Å². The number of ether oxygens (including phenoxy) is 2. The second-order valence-electron chi connectivity index (χ2n) is 13.0. The highest BCUT2D eigenvalue weighted by molar-refractivity contribution is 6.74. The summed E-state index contributed by atoms with van der Waals surface area (Å²) in [6, 6.07) is 7.80. The lowest BCUT2D eigenvalue weighted by atomic mass is 10.1. The molecular weight excluding hydrogens is 509 g/mol. The van der Waals surface area contributed by atoms with Gasteiger partial charge in [-0.1, -0.05) is 55.0 Å². The predicted molar refractivity (Wildman–Crippen MR) is 164 cm³/mol. The Morgan fingerprint density at radius 1 is 0.868 bits per heavy atom. The number of aromatic nitrogens is 2. The van der Waals surface area contributed by atoms with Crippen LogP contribution in [0.5, 0.6) is 11.5 Å². The summed E-state index contributed by atoms with van der Waals surface area (Å²) in [4.78, 5) is 9.83. The lowest BCUT2D eigenvalue weighted by Gasteiger charge is -2.36. The molecule has 0 unspecified atom stereocenters. The lowest BCUT2D eigenvalue weighted by molar-refractivity contribution is 0.272. The molecule has 1 aromatic carbocycles. The minimum absolute atomic E-state index is 0.105. The van der Waals surface area contributed by atoms with Crippen LogP contribution >= 0.6 is 0 Å². The molecule has 38 heavy (non-hydrogen) atoms. The number of methoxy groups -OCH3 is 1. The maximum atomic E-state index is 6.53. The molecule has 0 aliphatic heterocycles. The van der Waals surface area contributed by atoms with Gasteiger partial charge in [0.1, 0.15) is 0 Å². The molecule has 0 N–H and O–H groups in total. The van der Waals surface area contributed by atoms with Gasteiger partial charge in [0.25, 0.3) is 0 Å². The molecule has 0 bridgehead atoms. The molecule has 0 aliphatic rings. The van der Waals surface area contributed by atoms with Crippen molar-refractivity contribution >= 4 is 22.2 Å². The van der Waals surface area contributed by atoms with Crippen LogP contribution in [0.3, 0.4) is 0 Å². The maximum Gasteiger partial charge on any atom is 0.192 e. The summed E-state index contributed by atoms with van der Waals surface area (Å²) in [5, 5.41) is 0.220. The van der Waals surface area contributed by atoms with E-state index in [1.807, 2.05) is 24.3 Å². The van der Waals surface area contributed by atoms with Gasteiger partial charge in [0.15, 0.2) is 34.0 Å². The summed E-state index contributed by atoms with van der Waals surface area (Å²) in [6.07, 6.45) is 0.905. The van der Waals surface area contributed by atoms with Gasteiger partial charge in [-0.25, -0.2) is 9.97 Å². The average Bonchev–Trinajstić information content (AvgIpc) is 2.83. The molecule has 2 rings (SSSR count). The molecule has 0 radical (unpaired) electrons. The molecule has 1 aromatic heterocycles. The molecular formula is C30H50N2O4Si2. The number of rotatable bonds is 12. The lowest BCUT2D eigenvalue weighted by Crippen LogP contribution is -2.41. The highest BCUT2D eigenvalue weighted by atomic mass is 28.4. The van der Waals surface area contributed by atoms with Crippen LogP contribution in [-0.4, -0.2) is 46.9 Å². The number of hydrogen-bond acceptors (Lipinski definition) is 6. The maximum absolute atomic E-state index is 6.53. The van der Waals surface area contributed by atoms with Gasteiger partial charge in [0, 0.05) is 5.56 Å². The van der Waals surface area contributed by atoms with Gasteiger partial charge in [-0.15, -0.1) is 0 Å². The van der Waals surface area contributed by atoms with E-state index < -0.39 is 16.6 Å². The van der Waals surface area contributed by atoms with Crippen LogP contribution < -0.4 is 9.47 Å². The molecule has 0 fully saturated rings. The zero-order valence-corrected chi connectivity index (χ0v) is 27.9. The summed E-state index contributed by atoms with van der Waals surface area (Å²) in [7, 11) is -2.26. The molecule has 8 heteroatoms. The van der Waals surface area contributed by atoms with E-state index in [4.69, 9.17) is 28.3 Å². The Bertz CT molecular complexity index is 1100. The van der Waals surface area contributed by atoms with E-state index in [1.165, 1.54) is 0 Å². The molecule has 1 heterocycles. The molecule has 6 nitrogen and oxygen atoms in total. The van der Waals surface area contributed by atoms with Crippen LogP contribution in [0.2, 0.25) is 36.3 Å². The van der Waals surface area contributed by atoms with Crippen LogP contribution in [0, 0.1) is 0 Å². The zero-order chi connectivity index (χ0) is 28.9. The summed E-state index contributed by atoms with van der Waals surface area (Å²) in [6.45, 7) is 30.3. The van der Waals surface area contributed by atoms with Crippen molar-refractivity contribution in [3.63, 3.8) is 0 Å². The van der Waals surface area contributed by atoms with Gasteiger partial charge in [-0.2, -0.15) is 0 Å². The fourth-order valence-corrected chi connectivity index (χ4v) is 4.96. The molecule has 0 spiro atoms. The quantitative estimate of drug-likeness (QED) is 0.243. The number of benzene rings is 1. The Balaban J connectivity index is 2.49. The molecule has 2 aromatic rings. The van der Waals surface area contributed by atoms with E-state index in [1.54, 1.807) is 7.11 Å². The molecule has 0 saturated carbocycles. The van der Waals surface area contributed by atoms with Crippen molar-refractivity contribution in [1.82, 2.24) is 9.97 Å². The first kappa shape index (κ1) is 32.2.